The van der Waals surface area contributed by atoms with Crippen LogP contribution in [0.25, 0.3) is 23.2 Å². The van der Waals surface area contributed by atoms with Crippen LogP contribution in [0.2, 0.25) is 0 Å². The van der Waals surface area contributed by atoms with Gasteiger partial charge in [-0.1, -0.05) is 5.16 Å². The number of nitrogens with one attached hydrogen (secondary N) is 1. The summed E-state index contributed by atoms with van der Waals surface area (Å²) in [5.41, 5.74) is 6.68. The van der Waals surface area contributed by atoms with Crippen molar-refractivity contribution in [1.82, 2.24) is 30.3 Å². The Balaban J connectivity index is 2.04. The van der Waals surface area contributed by atoms with Crippen molar-refractivity contribution >= 4 is 5.69 Å². The summed E-state index contributed by atoms with van der Waals surface area (Å²) in [7, 11) is 0. The van der Waals surface area contributed by atoms with E-state index in [1.165, 1.54) is 6.33 Å². The average molecular weight is 229 g/mol. The molecule has 3 aromatic rings. The molecule has 8 heteroatoms. The molecule has 0 amide bonds. The lowest BCUT2D eigenvalue weighted by atomic mass is 10.3. The molecule has 0 aromatic carbocycles. The van der Waals surface area contributed by atoms with Crippen LogP contribution in [-0.4, -0.2) is 30.3 Å². The molecule has 3 N–H and O–H groups in total. The van der Waals surface area contributed by atoms with Crippen LogP contribution in [-0.2, 0) is 0 Å². The maximum Gasteiger partial charge on any atom is 0.279 e. The third kappa shape index (κ3) is 1.61. The van der Waals surface area contributed by atoms with Gasteiger partial charge in [-0.25, -0.2) is 9.97 Å². The van der Waals surface area contributed by atoms with Gasteiger partial charge in [0.25, 0.3) is 5.89 Å². The summed E-state index contributed by atoms with van der Waals surface area (Å²) >= 11 is 0. The van der Waals surface area contributed by atoms with Crippen molar-refractivity contribution < 1.29 is 4.52 Å². The van der Waals surface area contributed by atoms with Crippen molar-refractivity contribution in [3.8, 4) is 23.2 Å². The zero-order valence-electron chi connectivity index (χ0n) is 8.53. The molecule has 0 atom stereocenters. The maximum atomic E-state index is 5.75. The second-order valence-electron chi connectivity index (χ2n) is 3.20. The highest BCUT2D eigenvalue weighted by atomic mass is 16.5. The summed E-state index contributed by atoms with van der Waals surface area (Å²) in [6.07, 6.45) is 2.96. The standard InChI is InChI=1S/C9H7N7O/c10-5-2-1-3-11-6(5)9-14-8(16-17-9)7-12-4-13-15-7/h1-4H,10H2,(H,12,13,15). The van der Waals surface area contributed by atoms with E-state index in [1.54, 1.807) is 18.3 Å². The summed E-state index contributed by atoms with van der Waals surface area (Å²) in [6.45, 7) is 0. The highest BCUT2D eigenvalue weighted by Gasteiger charge is 2.15. The monoisotopic (exact) mass is 229 g/mol. The van der Waals surface area contributed by atoms with Crippen LogP contribution in [0.5, 0.6) is 0 Å². The molecule has 0 aliphatic rings. The molecule has 84 valence electrons. The molecule has 0 spiro atoms. The molecular formula is C9H7N7O. The van der Waals surface area contributed by atoms with Crippen molar-refractivity contribution in [1.29, 1.82) is 0 Å². The SMILES string of the molecule is Nc1cccnc1-c1nc(-c2ncn[nH]2)no1. The van der Waals surface area contributed by atoms with E-state index in [4.69, 9.17) is 10.3 Å². The zero-order chi connectivity index (χ0) is 11.7. The van der Waals surface area contributed by atoms with Gasteiger partial charge in [0.1, 0.15) is 6.33 Å². The molecule has 0 saturated carbocycles. The Labute approximate surface area is 94.9 Å². The van der Waals surface area contributed by atoms with E-state index in [0.29, 0.717) is 23.0 Å². The minimum Gasteiger partial charge on any atom is -0.397 e. The van der Waals surface area contributed by atoms with Gasteiger partial charge in [-0.05, 0) is 12.1 Å². The lowest BCUT2D eigenvalue weighted by molar-refractivity contribution is 0.431. The Bertz CT molecular complexity index is 630. The third-order valence-electron chi connectivity index (χ3n) is 2.09. The molecule has 0 radical (unpaired) electrons. The molecule has 3 heterocycles. The van der Waals surface area contributed by atoms with Gasteiger partial charge in [0.05, 0.1) is 5.69 Å². The number of H-pyrrole nitrogens is 1. The largest absolute Gasteiger partial charge is 0.397 e. The van der Waals surface area contributed by atoms with Crippen LogP contribution in [0.15, 0.2) is 29.2 Å². The summed E-state index contributed by atoms with van der Waals surface area (Å²) in [6, 6.07) is 3.44. The van der Waals surface area contributed by atoms with Crippen molar-refractivity contribution in [2.24, 2.45) is 0 Å². The van der Waals surface area contributed by atoms with Crippen molar-refractivity contribution in [2.75, 3.05) is 5.73 Å². The molecule has 0 aliphatic carbocycles. The first-order valence-electron chi connectivity index (χ1n) is 4.75. The maximum absolute atomic E-state index is 5.75. The Hall–Kier alpha value is -2.77. The van der Waals surface area contributed by atoms with Crippen molar-refractivity contribution in [3.63, 3.8) is 0 Å². The predicted octanol–water partition coefficient (Wildman–Crippen LogP) is 0.499. The van der Waals surface area contributed by atoms with Gasteiger partial charge in [0, 0.05) is 6.20 Å². The van der Waals surface area contributed by atoms with Gasteiger partial charge in [-0.3, -0.25) is 5.10 Å². The lowest BCUT2D eigenvalue weighted by Crippen LogP contribution is -1.92. The number of rotatable bonds is 2. The van der Waals surface area contributed by atoms with Gasteiger partial charge < -0.3 is 10.3 Å². The van der Waals surface area contributed by atoms with Crippen LogP contribution in [0, 0.1) is 0 Å². The number of nitrogen functional groups attached to an aromatic ring is 1. The van der Waals surface area contributed by atoms with E-state index in [2.05, 4.69) is 30.3 Å². The molecule has 0 bridgehead atoms. The number of aromatic nitrogens is 6. The third-order valence-corrected chi connectivity index (χ3v) is 2.09. The van der Waals surface area contributed by atoms with Crippen LogP contribution in [0.3, 0.4) is 0 Å². The molecule has 0 aliphatic heterocycles. The molecule has 0 unspecified atom stereocenters. The van der Waals surface area contributed by atoms with Crippen LogP contribution in [0.1, 0.15) is 0 Å². The Kier molecular flexibility index (Phi) is 2.04. The summed E-state index contributed by atoms with van der Waals surface area (Å²) < 4.78 is 5.06. The second kappa shape index (κ2) is 3.67. The van der Waals surface area contributed by atoms with Gasteiger partial charge in [0.15, 0.2) is 11.5 Å². The van der Waals surface area contributed by atoms with E-state index in [9.17, 15) is 0 Å². The summed E-state index contributed by atoms with van der Waals surface area (Å²) in [5.74, 6) is 0.978. The van der Waals surface area contributed by atoms with E-state index >= 15 is 0 Å². The predicted molar refractivity (Wildman–Crippen MR) is 57.3 cm³/mol. The molecule has 0 saturated heterocycles. The van der Waals surface area contributed by atoms with Crippen molar-refractivity contribution in [2.45, 2.75) is 0 Å². The lowest BCUT2D eigenvalue weighted by Gasteiger charge is -1.96. The number of nitrogens with two attached hydrogens (primary N) is 1. The summed E-state index contributed by atoms with van der Waals surface area (Å²) in [5, 5.41) is 10.1. The van der Waals surface area contributed by atoms with E-state index in [1.807, 2.05) is 0 Å². The highest BCUT2D eigenvalue weighted by molar-refractivity contribution is 5.66. The van der Waals surface area contributed by atoms with Gasteiger partial charge >= 0.3 is 0 Å². The number of hydrogen-bond donors (Lipinski definition) is 2. The van der Waals surface area contributed by atoms with Gasteiger partial charge in [0.2, 0.25) is 5.82 Å². The number of pyridine rings is 1. The van der Waals surface area contributed by atoms with Crippen LogP contribution < -0.4 is 5.73 Å². The normalized spacial score (nSPS) is 10.6. The fourth-order valence-corrected chi connectivity index (χ4v) is 1.33. The number of anilines is 1. The fourth-order valence-electron chi connectivity index (χ4n) is 1.33. The average Bonchev–Trinajstić information content (AvgIpc) is 3.00. The molecule has 0 fully saturated rings. The fraction of sp³-hybridized carbons (Fsp3) is 0. The first-order chi connectivity index (χ1) is 8.34. The van der Waals surface area contributed by atoms with E-state index in [0.717, 1.165) is 0 Å². The van der Waals surface area contributed by atoms with Crippen LogP contribution in [0.4, 0.5) is 5.69 Å². The van der Waals surface area contributed by atoms with E-state index in [-0.39, 0.29) is 5.89 Å². The van der Waals surface area contributed by atoms with Gasteiger partial charge in [-0.2, -0.15) is 10.1 Å². The highest BCUT2D eigenvalue weighted by Crippen LogP contribution is 2.22. The Morgan fingerprint density at radius 2 is 2.24 bits per heavy atom. The molecule has 3 aromatic heterocycles. The first kappa shape index (κ1) is 9.46. The first-order valence-corrected chi connectivity index (χ1v) is 4.75. The van der Waals surface area contributed by atoms with Crippen molar-refractivity contribution in [3.05, 3.63) is 24.7 Å². The minimum atomic E-state index is 0.245. The number of hydrogen-bond acceptors (Lipinski definition) is 7. The number of aromatic amines is 1. The summed E-state index contributed by atoms with van der Waals surface area (Å²) in [4.78, 5) is 12.1. The number of nitrogens with zero attached hydrogens (tertiary/aromatic N) is 5. The van der Waals surface area contributed by atoms with Gasteiger partial charge in [-0.15, -0.1) is 0 Å². The molecule has 17 heavy (non-hydrogen) atoms. The Morgan fingerprint density at radius 1 is 1.29 bits per heavy atom. The molecule has 3 rings (SSSR count). The quantitative estimate of drug-likeness (QED) is 0.656. The Morgan fingerprint density at radius 3 is 3.00 bits per heavy atom. The smallest absolute Gasteiger partial charge is 0.279 e. The molecular weight excluding hydrogens is 222 g/mol. The topological polar surface area (TPSA) is 119 Å². The minimum absolute atomic E-state index is 0.245. The molecule has 8 nitrogen and oxygen atoms in total. The van der Waals surface area contributed by atoms with Crippen LogP contribution >= 0.6 is 0 Å². The zero-order valence-corrected chi connectivity index (χ0v) is 8.53. The second-order valence-corrected chi connectivity index (χ2v) is 3.20. The van der Waals surface area contributed by atoms with E-state index < -0.39 is 0 Å².